The maximum Gasteiger partial charge on any atom is 0.375 e. The van der Waals surface area contributed by atoms with Crippen LogP contribution in [0.25, 0.3) is 0 Å². The van der Waals surface area contributed by atoms with Crippen molar-refractivity contribution in [1.29, 1.82) is 0 Å². The average molecular weight is 368 g/mol. The van der Waals surface area contributed by atoms with Crippen molar-refractivity contribution in [3.05, 3.63) is 16.3 Å². The van der Waals surface area contributed by atoms with Crippen LogP contribution in [-0.4, -0.2) is 71.0 Å². The highest BCUT2D eigenvalue weighted by molar-refractivity contribution is 6.34. The Bertz CT molecular complexity index is 673. The summed E-state index contributed by atoms with van der Waals surface area (Å²) in [5.41, 5.74) is -0.112. The Morgan fingerprint density at radius 3 is 2.50 bits per heavy atom. The molecule has 2 heterocycles. The topological polar surface area (TPSA) is 95.7 Å². The second-order valence-electron chi connectivity index (χ2n) is 6.30. The minimum Gasteiger partial charge on any atom is -0.460 e. The maximum absolute atomic E-state index is 12.4. The van der Waals surface area contributed by atoms with Crippen molar-refractivity contribution < 1.29 is 19.1 Å². The molecule has 1 fully saturated rings. The SMILES string of the molecule is CCOC(=O)C(=O)CN1CCC(c2nn(CCOC)c(=O)n2CC)CC1. The van der Waals surface area contributed by atoms with Gasteiger partial charge in [0.15, 0.2) is 0 Å². The molecule has 1 aliphatic rings. The first-order valence-corrected chi connectivity index (χ1v) is 9.10. The second kappa shape index (κ2) is 9.63. The predicted octanol–water partition coefficient (Wildman–Crippen LogP) is 0.0227. The maximum atomic E-state index is 12.4. The summed E-state index contributed by atoms with van der Waals surface area (Å²) in [7, 11) is 1.59. The zero-order valence-electron chi connectivity index (χ0n) is 15.8. The van der Waals surface area contributed by atoms with Gasteiger partial charge in [0, 0.05) is 19.6 Å². The average Bonchev–Trinajstić information content (AvgIpc) is 2.96. The van der Waals surface area contributed by atoms with E-state index in [1.807, 2.05) is 11.8 Å². The van der Waals surface area contributed by atoms with Crippen LogP contribution in [0.4, 0.5) is 0 Å². The fraction of sp³-hybridized carbons (Fsp3) is 0.765. The van der Waals surface area contributed by atoms with E-state index in [0.29, 0.717) is 32.8 Å². The van der Waals surface area contributed by atoms with E-state index in [2.05, 4.69) is 5.10 Å². The predicted molar refractivity (Wildman–Crippen MR) is 94.1 cm³/mol. The van der Waals surface area contributed by atoms with Crippen LogP contribution >= 0.6 is 0 Å². The number of hydrogen-bond donors (Lipinski definition) is 0. The number of piperidine rings is 1. The van der Waals surface area contributed by atoms with E-state index in [-0.39, 0.29) is 24.8 Å². The molecule has 9 heteroatoms. The zero-order valence-corrected chi connectivity index (χ0v) is 15.8. The summed E-state index contributed by atoms with van der Waals surface area (Å²) in [6, 6.07) is 0. The molecular weight excluding hydrogens is 340 g/mol. The molecule has 0 N–H and O–H groups in total. The standard InChI is InChI=1S/C17H28N4O5/c1-4-20-15(18-21(17(20)24)10-11-25-3)13-6-8-19(9-7-13)12-14(22)16(23)26-5-2/h13H,4-12H2,1-3H3. The van der Waals surface area contributed by atoms with Gasteiger partial charge in [-0.05, 0) is 39.8 Å². The summed E-state index contributed by atoms with van der Waals surface area (Å²) in [6.07, 6.45) is 1.58. The Hall–Kier alpha value is -2.00. The van der Waals surface area contributed by atoms with Gasteiger partial charge in [-0.1, -0.05) is 0 Å². The molecule has 146 valence electrons. The van der Waals surface area contributed by atoms with E-state index in [4.69, 9.17) is 9.47 Å². The Balaban J connectivity index is 1.98. The van der Waals surface area contributed by atoms with Gasteiger partial charge in [0.1, 0.15) is 5.82 Å². The van der Waals surface area contributed by atoms with Crippen LogP contribution in [0.5, 0.6) is 0 Å². The van der Waals surface area contributed by atoms with Gasteiger partial charge in [-0.15, -0.1) is 0 Å². The number of aromatic nitrogens is 3. The minimum atomic E-state index is -0.772. The Kier molecular flexibility index (Phi) is 7.52. The largest absolute Gasteiger partial charge is 0.460 e. The van der Waals surface area contributed by atoms with Gasteiger partial charge in [-0.3, -0.25) is 14.3 Å². The molecule has 0 radical (unpaired) electrons. The van der Waals surface area contributed by atoms with Crippen molar-refractivity contribution in [2.24, 2.45) is 0 Å². The van der Waals surface area contributed by atoms with Crippen LogP contribution in [0.2, 0.25) is 0 Å². The van der Waals surface area contributed by atoms with Crippen LogP contribution in [-0.2, 0) is 32.2 Å². The lowest BCUT2D eigenvalue weighted by Crippen LogP contribution is -2.39. The number of ketones is 1. The molecule has 0 atom stereocenters. The third kappa shape index (κ3) is 4.79. The normalized spacial score (nSPS) is 16.0. The smallest absolute Gasteiger partial charge is 0.375 e. The molecule has 2 rings (SSSR count). The molecule has 9 nitrogen and oxygen atoms in total. The molecule has 1 aliphatic heterocycles. The molecule has 0 bridgehead atoms. The Morgan fingerprint density at radius 2 is 1.92 bits per heavy atom. The molecule has 0 amide bonds. The van der Waals surface area contributed by atoms with Crippen LogP contribution in [0, 0.1) is 0 Å². The second-order valence-corrected chi connectivity index (χ2v) is 6.30. The summed E-state index contributed by atoms with van der Waals surface area (Å²) >= 11 is 0. The summed E-state index contributed by atoms with van der Waals surface area (Å²) < 4.78 is 12.9. The first-order chi connectivity index (χ1) is 12.5. The van der Waals surface area contributed by atoms with Crippen molar-refractivity contribution in [1.82, 2.24) is 19.2 Å². The minimum absolute atomic E-state index is 0.0778. The van der Waals surface area contributed by atoms with Crippen LogP contribution in [0.1, 0.15) is 38.4 Å². The highest BCUT2D eigenvalue weighted by Crippen LogP contribution is 2.26. The van der Waals surface area contributed by atoms with E-state index >= 15 is 0 Å². The summed E-state index contributed by atoms with van der Waals surface area (Å²) in [5, 5.41) is 4.51. The fourth-order valence-corrected chi connectivity index (χ4v) is 3.21. The third-order valence-electron chi connectivity index (χ3n) is 4.60. The van der Waals surface area contributed by atoms with Gasteiger partial charge in [0.2, 0.25) is 0 Å². The van der Waals surface area contributed by atoms with Gasteiger partial charge in [0.25, 0.3) is 5.78 Å². The van der Waals surface area contributed by atoms with Crippen LogP contribution in [0.15, 0.2) is 4.79 Å². The molecule has 1 aromatic heterocycles. The van der Waals surface area contributed by atoms with E-state index < -0.39 is 11.8 Å². The number of carbonyl (C=O) groups is 2. The Morgan fingerprint density at radius 1 is 1.23 bits per heavy atom. The van der Waals surface area contributed by atoms with Gasteiger partial charge < -0.3 is 9.47 Å². The molecule has 1 saturated heterocycles. The van der Waals surface area contributed by atoms with Crippen molar-refractivity contribution in [2.45, 2.75) is 45.7 Å². The lowest BCUT2D eigenvalue weighted by atomic mass is 9.95. The number of nitrogens with zero attached hydrogens (tertiary/aromatic N) is 4. The molecule has 0 unspecified atom stereocenters. The number of hydrogen-bond acceptors (Lipinski definition) is 7. The monoisotopic (exact) mass is 368 g/mol. The van der Waals surface area contributed by atoms with E-state index in [1.54, 1.807) is 18.6 Å². The molecule has 0 aliphatic carbocycles. The summed E-state index contributed by atoms with van der Waals surface area (Å²) in [4.78, 5) is 37.6. The molecule has 1 aromatic rings. The number of ether oxygens (including phenoxy) is 2. The van der Waals surface area contributed by atoms with E-state index in [1.165, 1.54) is 4.68 Å². The highest BCUT2D eigenvalue weighted by atomic mass is 16.5. The lowest BCUT2D eigenvalue weighted by Gasteiger charge is -2.30. The zero-order chi connectivity index (χ0) is 19.1. The van der Waals surface area contributed by atoms with Crippen LogP contribution < -0.4 is 5.69 Å². The van der Waals surface area contributed by atoms with Gasteiger partial charge >= 0.3 is 11.7 Å². The molecule has 0 spiro atoms. The summed E-state index contributed by atoms with van der Waals surface area (Å²) in [6.45, 7) is 6.69. The van der Waals surface area contributed by atoms with E-state index in [0.717, 1.165) is 18.7 Å². The number of Topliss-reactive ketones (excluding diaryl/α,β-unsaturated/α-hetero) is 1. The molecule has 0 saturated carbocycles. The lowest BCUT2D eigenvalue weighted by molar-refractivity contribution is -0.154. The quantitative estimate of drug-likeness (QED) is 0.448. The van der Waals surface area contributed by atoms with Crippen molar-refractivity contribution >= 4 is 11.8 Å². The number of esters is 1. The highest BCUT2D eigenvalue weighted by Gasteiger charge is 2.28. The molecule has 0 aromatic carbocycles. The molecule has 26 heavy (non-hydrogen) atoms. The fourth-order valence-electron chi connectivity index (χ4n) is 3.21. The Labute approximate surface area is 152 Å². The summed E-state index contributed by atoms with van der Waals surface area (Å²) in [5.74, 6) is -0.323. The van der Waals surface area contributed by atoms with Gasteiger partial charge in [0.05, 0.1) is 26.3 Å². The van der Waals surface area contributed by atoms with Gasteiger partial charge in [-0.2, -0.15) is 5.10 Å². The van der Waals surface area contributed by atoms with E-state index in [9.17, 15) is 14.4 Å². The number of methoxy groups -OCH3 is 1. The van der Waals surface area contributed by atoms with Crippen molar-refractivity contribution in [2.75, 3.05) is 40.0 Å². The number of rotatable bonds is 9. The number of likely N-dealkylation sites (tertiary alicyclic amines) is 1. The van der Waals surface area contributed by atoms with Crippen LogP contribution in [0.3, 0.4) is 0 Å². The van der Waals surface area contributed by atoms with Gasteiger partial charge in [-0.25, -0.2) is 14.3 Å². The van der Waals surface area contributed by atoms with Crippen molar-refractivity contribution in [3.8, 4) is 0 Å². The molecular formula is C17H28N4O5. The first kappa shape index (κ1) is 20.3. The number of carbonyl (C=O) groups excluding carboxylic acids is 2. The first-order valence-electron chi connectivity index (χ1n) is 9.10. The van der Waals surface area contributed by atoms with Crippen molar-refractivity contribution in [3.63, 3.8) is 0 Å². The third-order valence-corrected chi connectivity index (χ3v) is 4.60.